The third-order valence-electron chi connectivity index (χ3n) is 5.40. The van der Waals surface area contributed by atoms with Crippen LogP contribution in [-0.4, -0.2) is 36.9 Å². The number of aromatic nitrogens is 5. The first-order valence-electron chi connectivity index (χ1n) is 10.3. The molecule has 0 fully saturated rings. The summed E-state index contributed by atoms with van der Waals surface area (Å²) in [5, 5.41) is 3.11. The maximum absolute atomic E-state index is 13.3. The normalized spacial score (nSPS) is 11.2. The molecule has 0 bridgehead atoms. The fourth-order valence-corrected chi connectivity index (χ4v) is 4.34. The van der Waals surface area contributed by atoms with Crippen molar-refractivity contribution in [3.8, 4) is 11.5 Å². The smallest absolute Gasteiger partial charge is 0.278 e. The van der Waals surface area contributed by atoms with Gasteiger partial charge in [0.2, 0.25) is 0 Å². The van der Waals surface area contributed by atoms with E-state index in [0.29, 0.717) is 18.1 Å². The van der Waals surface area contributed by atoms with Crippen molar-refractivity contribution in [3.05, 3.63) is 88.5 Å². The summed E-state index contributed by atoms with van der Waals surface area (Å²) in [6.07, 6.45) is 3.88. The van der Waals surface area contributed by atoms with E-state index >= 15 is 0 Å². The highest BCUT2D eigenvalue weighted by molar-refractivity contribution is 7.09. The highest BCUT2D eigenvalue weighted by Gasteiger charge is 2.23. The number of fused-ring (bicyclic) bond motifs is 1. The zero-order chi connectivity index (χ0) is 22.2. The van der Waals surface area contributed by atoms with Crippen LogP contribution in [0.4, 0.5) is 5.69 Å². The Morgan fingerprint density at radius 3 is 2.56 bits per heavy atom. The van der Waals surface area contributed by atoms with Gasteiger partial charge in [0.15, 0.2) is 11.5 Å². The molecule has 0 atom stereocenters. The summed E-state index contributed by atoms with van der Waals surface area (Å²) in [5.41, 5.74) is 3.69. The van der Waals surface area contributed by atoms with Gasteiger partial charge in [0, 0.05) is 30.5 Å². The minimum Gasteiger partial charge on any atom is -0.328 e. The molecule has 0 aliphatic rings. The molecule has 8 heteroatoms. The Hall–Kier alpha value is -3.78. The molecule has 160 valence electrons. The van der Waals surface area contributed by atoms with E-state index in [0.717, 1.165) is 33.4 Å². The van der Waals surface area contributed by atoms with Crippen molar-refractivity contribution < 1.29 is 4.79 Å². The molecule has 1 amide bonds. The van der Waals surface area contributed by atoms with Crippen LogP contribution < -0.4 is 4.90 Å². The first kappa shape index (κ1) is 20.1. The van der Waals surface area contributed by atoms with Crippen molar-refractivity contribution in [1.29, 1.82) is 0 Å². The fourth-order valence-electron chi connectivity index (χ4n) is 3.74. The van der Waals surface area contributed by atoms with Crippen LogP contribution in [0.25, 0.3) is 17.0 Å². The monoisotopic (exact) mass is 442 g/mol. The molecule has 4 heterocycles. The fraction of sp³-hybridized carbons (Fsp3) is 0.167. The number of pyridine rings is 1. The number of benzene rings is 1. The zero-order valence-corrected chi connectivity index (χ0v) is 18.9. The van der Waals surface area contributed by atoms with Gasteiger partial charge >= 0.3 is 0 Å². The molecule has 32 heavy (non-hydrogen) atoms. The molecule has 1 aromatic carbocycles. The molecule has 0 aliphatic heterocycles. The molecule has 0 radical (unpaired) electrons. The summed E-state index contributed by atoms with van der Waals surface area (Å²) in [6, 6.07) is 15.3. The second kappa shape index (κ2) is 8.05. The van der Waals surface area contributed by atoms with Crippen LogP contribution in [0.2, 0.25) is 0 Å². The van der Waals surface area contributed by atoms with Gasteiger partial charge in [-0.15, -0.1) is 11.3 Å². The first-order chi connectivity index (χ1) is 15.5. The van der Waals surface area contributed by atoms with Crippen LogP contribution in [0.1, 0.15) is 27.0 Å². The van der Waals surface area contributed by atoms with Crippen LogP contribution in [0, 0.1) is 13.8 Å². The van der Waals surface area contributed by atoms with Crippen molar-refractivity contribution in [3.63, 3.8) is 0 Å². The van der Waals surface area contributed by atoms with E-state index in [1.807, 2.05) is 79.2 Å². The average molecular weight is 443 g/mol. The first-order valence-corrected chi connectivity index (χ1v) is 11.1. The number of amides is 1. The number of carbonyl (C=O) groups excluding carboxylic acids is 1. The lowest BCUT2D eigenvalue weighted by atomic mass is 10.2. The number of hydrogen-bond donors (Lipinski definition) is 0. The minimum absolute atomic E-state index is 0.166. The molecule has 5 aromatic rings. The Labute approximate surface area is 189 Å². The third-order valence-corrected chi connectivity index (χ3v) is 6.23. The van der Waals surface area contributed by atoms with Gasteiger partial charge in [0.25, 0.3) is 5.91 Å². The van der Waals surface area contributed by atoms with Crippen LogP contribution in [0.15, 0.2) is 66.3 Å². The van der Waals surface area contributed by atoms with E-state index in [9.17, 15) is 4.79 Å². The van der Waals surface area contributed by atoms with Crippen molar-refractivity contribution in [2.75, 3.05) is 11.9 Å². The van der Waals surface area contributed by atoms with E-state index in [1.165, 1.54) is 0 Å². The summed E-state index contributed by atoms with van der Waals surface area (Å²) >= 11 is 1.64. The lowest BCUT2D eigenvalue weighted by Crippen LogP contribution is -2.26. The molecule has 0 saturated heterocycles. The number of hydrogen-bond acceptors (Lipinski definition) is 5. The number of anilines is 1. The minimum atomic E-state index is -0.166. The Kier molecular flexibility index (Phi) is 5.07. The Morgan fingerprint density at radius 2 is 1.81 bits per heavy atom. The van der Waals surface area contributed by atoms with Crippen molar-refractivity contribution in [1.82, 2.24) is 23.9 Å². The van der Waals surface area contributed by atoms with Crippen LogP contribution in [0.5, 0.6) is 0 Å². The molecule has 0 saturated carbocycles. The second-order valence-electron chi connectivity index (χ2n) is 7.60. The Bertz CT molecular complexity index is 1420. The van der Waals surface area contributed by atoms with E-state index in [2.05, 4.69) is 14.9 Å². The predicted octanol–water partition coefficient (Wildman–Crippen LogP) is 4.60. The number of imidazole rings is 2. The van der Waals surface area contributed by atoms with Crippen LogP contribution in [-0.2, 0) is 6.54 Å². The zero-order valence-electron chi connectivity index (χ0n) is 18.1. The third kappa shape index (κ3) is 3.58. The summed E-state index contributed by atoms with van der Waals surface area (Å²) in [5.74, 6) is 1.34. The lowest BCUT2D eigenvalue weighted by molar-refractivity contribution is 0.0990. The van der Waals surface area contributed by atoms with Gasteiger partial charge in [-0.25, -0.2) is 15.0 Å². The second-order valence-corrected chi connectivity index (χ2v) is 8.66. The lowest BCUT2D eigenvalue weighted by Gasteiger charge is -2.16. The number of aryl methyl sites for hydroxylation is 2. The summed E-state index contributed by atoms with van der Waals surface area (Å²) in [7, 11) is 1.76. The largest absolute Gasteiger partial charge is 0.328 e. The van der Waals surface area contributed by atoms with E-state index in [1.54, 1.807) is 23.3 Å². The van der Waals surface area contributed by atoms with Gasteiger partial charge in [0.05, 0.1) is 22.8 Å². The molecule has 4 aromatic heterocycles. The number of para-hydroxylation sites is 1. The van der Waals surface area contributed by atoms with Crippen LogP contribution >= 0.6 is 11.3 Å². The van der Waals surface area contributed by atoms with Gasteiger partial charge in [0.1, 0.15) is 11.5 Å². The Balaban J connectivity index is 1.55. The summed E-state index contributed by atoms with van der Waals surface area (Å²) < 4.78 is 3.98. The molecule has 0 spiro atoms. The van der Waals surface area contributed by atoms with E-state index in [-0.39, 0.29) is 5.91 Å². The molecular formula is C24H22N6OS. The number of thiazole rings is 1. The van der Waals surface area contributed by atoms with Gasteiger partial charge in [-0.05, 0) is 38.1 Å². The van der Waals surface area contributed by atoms with E-state index in [4.69, 9.17) is 9.97 Å². The van der Waals surface area contributed by atoms with Crippen molar-refractivity contribution in [2.45, 2.75) is 20.4 Å². The maximum atomic E-state index is 13.3. The maximum Gasteiger partial charge on any atom is 0.278 e. The van der Waals surface area contributed by atoms with Gasteiger partial charge < -0.3 is 9.47 Å². The quantitative estimate of drug-likeness (QED) is 0.399. The molecular weight excluding hydrogens is 420 g/mol. The predicted molar refractivity (Wildman–Crippen MR) is 126 cm³/mol. The van der Waals surface area contributed by atoms with Gasteiger partial charge in [-0.3, -0.25) is 9.20 Å². The topological polar surface area (TPSA) is 68.3 Å². The standard InChI is InChI=1S/C24H22N6OS/c1-16-25-20(14-29(16)13-18-15-32-17(2)26-18)23-27-22(21-11-7-8-12-30(21)23)24(31)28(3)19-9-5-4-6-10-19/h4-12,14-15H,13H2,1-3H3. The van der Waals surface area contributed by atoms with Crippen molar-refractivity contribution >= 4 is 28.4 Å². The SMILES string of the molecule is Cc1nc(Cn2cc(-c3nc(C(=O)N(C)c4ccccc4)c4ccccn34)nc2C)cs1. The van der Waals surface area contributed by atoms with Crippen molar-refractivity contribution in [2.24, 2.45) is 0 Å². The van der Waals surface area contributed by atoms with E-state index < -0.39 is 0 Å². The average Bonchev–Trinajstić information content (AvgIpc) is 3.50. The van der Waals surface area contributed by atoms with Gasteiger partial charge in [-0.2, -0.15) is 0 Å². The number of carbonyl (C=O) groups is 1. The molecule has 0 N–H and O–H groups in total. The molecule has 5 rings (SSSR count). The highest BCUT2D eigenvalue weighted by Crippen LogP contribution is 2.25. The van der Waals surface area contributed by atoms with Gasteiger partial charge in [-0.1, -0.05) is 24.3 Å². The number of rotatable bonds is 5. The molecule has 0 aliphatic carbocycles. The molecule has 0 unspecified atom stereocenters. The molecule has 7 nitrogen and oxygen atoms in total. The highest BCUT2D eigenvalue weighted by atomic mass is 32.1. The summed E-state index contributed by atoms with van der Waals surface area (Å²) in [6.45, 7) is 4.62. The number of nitrogens with zero attached hydrogens (tertiary/aromatic N) is 6. The summed E-state index contributed by atoms with van der Waals surface area (Å²) in [4.78, 5) is 29.0. The Morgan fingerprint density at radius 1 is 1.03 bits per heavy atom. The van der Waals surface area contributed by atoms with Crippen LogP contribution in [0.3, 0.4) is 0 Å².